The van der Waals surface area contributed by atoms with Gasteiger partial charge in [0.25, 0.3) is 0 Å². The maximum absolute atomic E-state index is 11.8. The van der Waals surface area contributed by atoms with Gasteiger partial charge in [-0.25, -0.2) is 4.98 Å². The number of benzene rings is 1. The van der Waals surface area contributed by atoms with Crippen LogP contribution < -0.4 is 10.2 Å². The van der Waals surface area contributed by atoms with E-state index in [1.807, 2.05) is 17.5 Å². The first-order valence-corrected chi connectivity index (χ1v) is 9.13. The third kappa shape index (κ3) is 3.48. The summed E-state index contributed by atoms with van der Waals surface area (Å²) in [7, 11) is 0. The van der Waals surface area contributed by atoms with Crippen molar-refractivity contribution in [3.8, 4) is 11.3 Å². The number of rotatable bonds is 5. The lowest BCUT2D eigenvalue weighted by molar-refractivity contribution is -0.117. The predicted octanol–water partition coefficient (Wildman–Crippen LogP) is 3.85. The zero-order valence-corrected chi connectivity index (χ0v) is 14.8. The van der Waals surface area contributed by atoms with Crippen molar-refractivity contribution in [1.29, 1.82) is 0 Å². The van der Waals surface area contributed by atoms with Crippen LogP contribution in [0.25, 0.3) is 11.3 Å². The second kappa shape index (κ2) is 7.13. The number of hydrogen-bond donors (Lipinski definition) is 1. The summed E-state index contributed by atoms with van der Waals surface area (Å²) in [4.78, 5) is 29.8. The second-order valence-corrected chi connectivity index (χ2v) is 6.81. The van der Waals surface area contributed by atoms with E-state index in [-0.39, 0.29) is 11.8 Å². The molecule has 1 N–H and O–H groups in total. The van der Waals surface area contributed by atoms with E-state index in [0.717, 1.165) is 42.8 Å². The summed E-state index contributed by atoms with van der Waals surface area (Å²) in [6, 6.07) is 6.11. The summed E-state index contributed by atoms with van der Waals surface area (Å²) < 4.78 is 0. The van der Waals surface area contributed by atoms with Gasteiger partial charge in [-0.05, 0) is 24.5 Å². The van der Waals surface area contributed by atoms with Gasteiger partial charge in [0, 0.05) is 36.5 Å². The second-order valence-electron chi connectivity index (χ2n) is 5.95. The number of fused-ring (bicyclic) bond motifs is 1. The maximum Gasteiger partial charge on any atom is 0.226 e. The van der Waals surface area contributed by atoms with Gasteiger partial charge in [0.1, 0.15) is 0 Å². The number of thiazole rings is 1. The quantitative estimate of drug-likeness (QED) is 0.897. The van der Waals surface area contributed by atoms with E-state index in [0.29, 0.717) is 11.6 Å². The van der Waals surface area contributed by atoms with Gasteiger partial charge in [-0.1, -0.05) is 25.5 Å². The predicted molar refractivity (Wildman–Crippen MR) is 97.4 cm³/mol. The Labute approximate surface area is 145 Å². The molecular weight excluding hydrogens is 322 g/mol. The molecule has 126 valence electrons. The van der Waals surface area contributed by atoms with Gasteiger partial charge in [-0.15, -0.1) is 11.3 Å². The van der Waals surface area contributed by atoms with Crippen molar-refractivity contribution in [1.82, 2.24) is 4.98 Å². The highest BCUT2D eigenvalue weighted by Crippen LogP contribution is 2.34. The average Bonchev–Trinajstić information content (AvgIpc) is 3.18. The lowest BCUT2D eigenvalue weighted by Gasteiger charge is -2.15. The Morgan fingerprint density at radius 1 is 1.38 bits per heavy atom. The van der Waals surface area contributed by atoms with Crippen LogP contribution >= 0.6 is 11.3 Å². The fourth-order valence-electron chi connectivity index (χ4n) is 2.85. The van der Waals surface area contributed by atoms with Gasteiger partial charge in [0.05, 0.1) is 5.69 Å². The molecule has 0 spiro atoms. The lowest BCUT2D eigenvalue weighted by Crippen LogP contribution is -2.25. The average molecular weight is 343 g/mol. The smallest absolute Gasteiger partial charge is 0.226 e. The van der Waals surface area contributed by atoms with Crippen molar-refractivity contribution >= 4 is 34.0 Å². The molecule has 5 nitrogen and oxygen atoms in total. The molecule has 0 aliphatic carbocycles. The molecule has 0 radical (unpaired) electrons. The zero-order valence-electron chi connectivity index (χ0n) is 14.0. The molecule has 2 aromatic rings. The van der Waals surface area contributed by atoms with E-state index in [9.17, 15) is 9.59 Å². The number of nitrogens with one attached hydrogen (secondary N) is 1. The SMILES string of the molecule is CCCCC(=O)Nc1nc(-c2ccc3c(c2)N(C(C)=O)CC3)cs1. The summed E-state index contributed by atoms with van der Waals surface area (Å²) in [5, 5.41) is 5.41. The van der Waals surface area contributed by atoms with Crippen LogP contribution in [0.5, 0.6) is 0 Å². The Hall–Kier alpha value is -2.21. The monoisotopic (exact) mass is 343 g/mol. The largest absolute Gasteiger partial charge is 0.312 e. The number of carbonyl (C=O) groups excluding carboxylic acids is 2. The minimum Gasteiger partial charge on any atom is -0.312 e. The topological polar surface area (TPSA) is 62.3 Å². The van der Waals surface area contributed by atoms with Crippen LogP contribution in [-0.2, 0) is 16.0 Å². The number of carbonyl (C=O) groups is 2. The van der Waals surface area contributed by atoms with Gasteiger partial charge in [-0.2, -0.15) is 0 Å². The van der Waals surface area contributed by atoms with Crippen molar-refractivity contribution in [3.63, 3.8) is 0 Å². The number of aromatic nitrogens is 1. The summed E-state index contributed by atoms with van der Waals surface area (Å²) in [5.41, 5.74) is 3.95. The third-order valence-electron chi connectivity index (χ3n) is 4.16. The van der Waals surface area contributed by atoms with Crippen LogP contribution in [0.15, 0.2) is 23.6 Å². The van der Waals surface area contributed by atoms with E-state index >= 15 is 0 Å². The van der Waals surface area contributed by atoms with Gasteiger partial charge in [-0.3, -0.25) is 9.59 Å². The molecule has 1 aliphatic heterocycles. The van der Waals surface area contributed by atoms with Crippen LogP contribution in [0.4, 0.5) is 10.8 Å². The molecule has 6 heteroatoms. The first kappa shape index (κ1) is 16.6. The number of unbranched alkanes of at least 4 members (excludes halogenated alkanes) is 1. The van der Waals surface area contributed by atoms with E-state index in [4.69, 9.17) is 0 Å². The highest BCUT2D eigenvalue weighted by Gasteiger charge is 2.22. The summed E-state index contributed by atoms with van der Waals surface area (Å²) >= 11 is 1.42. The van der Waals surface area contributed by atoms with Gasteiger partial charge in [0.2, 0.25) is 11.8 Å². The van der Waals surface area contributed by atoms with Gasteiger partial charge < -0.3 is 10.2 Å². The fourth-order valence-corrected chi connectivity index (χ4v) is 3.58. The summed E-state index contributed by atoms with van der Waals surface area (Å²) in [5.74, 6) is 0.0718. The molecule has 1 aromatic heterocycles. The minimum absolute atomic E-state index is 0.00876. The number of amides is 2. The van der Waals surface area contributed by atoms with Crippen LogP contribution in [-0.4, -0.2) is 23.3 Å². The molecule has 2 amide bonds. The molecule has 3 rings (SSSR count). The number of nitrogens with zero attached hydrogens (tertiary/aromatic N) is 2. The minimum atomic E-state index is 0.00876. The lowest BCUT2D eigenvalue weighted by atomic mass is 10.1. The van der Waals surface area contributed by atoms with Crippen LogP contribution in [0.1, 0.15) is 38.7 Å². The Kier molecular flexibility index (Phi) is 4.94. The Bertz CT molecular complexity index is 769. The Morgan fingerprint density at radius 3 is 2.96 bits per heavy atom. The van der Waals surface area contributed by atoms with Gasteiger partial charge >= 0.3 is 0 Å². The van der Waals surface area contributed by atoms with E-state index in [1.54, 1.807) is 11.8 Å². The fraction of sp³-hybridized carbons (Fsp3) is 0.389. The van der Waals surface area contributed by atoms with Crippen LogP contribution in [0, 0.1) is 0 Å². The molecule has 0 bridgehead atoms. The van der Waals surface area contributed by atoms with Crippen molar-refractivity contribution in [2.45, 2.75) is 39.5 Å². The Morgan fingerprint density at radius 2 is 2.21 bits per heavy atom. The normalized spacial score (nSPS) is 13.0. The molecule has 2 heterocycles. The van der Waals surface area contributed by atoms with Crippen LogP contribution in [0.2, 0.25) is 0 Å². The molecule has 0 fully saturated rings. The molecule has 1 aromatic carbocycles. The molecule has 0 saturated heterocycles. The molecule has 0 saturated carbocycles. The van der Waals surface area contributed by atoms with Crippen molar-refractivity contribution < 1.29 is 9.59 Å². The summed E-state index contributed by atoms with van der Waals surface area (Å²) in [6.07, 6.45) is 3.30. The summed E-state index contributed by atoms with van der Waals surface area (Å²) in [6.45, 7) is 4.39. The van der Waals surface area contributed by atoms with Crippen LogP contribution in [0.3, 0.4) is 0 Å². The van der Waals surface area contributed by atoms with Crippen molar-refractivity contribution in [3.05, 3.63) is 29.1 Å². The molecule has 24 heavy (non-hydrogen) atoms. The maximum atomic E-state index is 11.8. The van der Waals surface area contributed by atoms with E-state index < -0.39 is 0 Å². The van der Waals surface area contributed by atoms with Crippen molar-refractivity contribution in [2.75, 3.05) is 16.8 Å². The highest BCUT2D eigenvalue weighted by atomic mass is 32.1. The standard InChI is InChI=1S/C18H21N3O2S/c1-3-4-5-17(23)20-18-19-15(11-24-18)14-7-6-13-8-9-21(12(2)22)16(13)10-14/h6-7,10-11H,3-5,8-9H2,1-2H3,(H,19,20,23). The molecule has 1 aliphatic rings. The van der Waals surface area contributed by atoms with Gasteiger partial charge in [0.15, 0.2) is 5.13 Å². The number of anilines is 2. The first-order chi connectivity index (χ1) is 11.6. The molecule has 0 atom stereocenters. The first-order valence-electron chi connectivity index (χ1n) is 8.25. The number of hydrogen-bond acceptors (Lipinski definition) is 4. The van der Waals surface area contributed by atoms with E-state index in [2.05, 4.69) is 23.3 Å². The molecule has 0 unspecified atom stereocenters. The molecular formula is C18H21N3O2S. The highest BCUT2D eigenvalue weighted by molar-refractivity contribution is 7.14. The van der Waals surface area contributed by atoms with Crippen molar-refractivity contribution in [2.24, 2.45) is 0 Å². The zero-order chi connectivity index (χ0) is 17.1. The Balaban J connectivity index is 1.77. The van der Waals surface area contributed by atoms with E-state index in [1.165, 1.54) is 16.9 Å². The third-order valence-corrected chi connectivity index (χ3v) is 4.92.